The van der Waals surface area contributed by atoms with Crippen LogP contribution in [-0.4, -0.2) is 50.0 Å². The molecule has 36 heavy (non-hydrogen) atoms. The molecule has 0 fully saturated rings. The standard InChI is InChI=1S/C26H35Cl2N3O4S/c1-7-19(5)29-26(33)24(8-2)30(15-21-22(27)10-9-11-23(21)28)25(32)16-31(36(6,34)35)20-13-17(3)12-18(4)14-20/h9-14,19,24H,7-8,15-16H2,1-6H3,(H,29,33). The van der Waals surface area contributed by atoms with Crippen molar-refractivity contribution < 1.29 is 18.0 Å². The van der Waals surface area contributed by atoms with Gasteiger partial charge in [-0.25, -0.2) is 8.42 Å². The number of rotatable bonds is 11. The van der Waals surface area contributed by atoms with Crippen molar-refractivity contribution in [1.29, 1.82) is 0 Å². The Morgan fingerprint density at radius 1 is 1.00 bits per heavy atom. The Labute approximate surface area is 224 Å². The fourth-order valence-electron chi connectivity index (χ4n) is 3.92. The highest BCUT2D eigenvalue weighted by molar-refractivity contribution is 7.92. The quantitative estimate of drug-likeness (QED) is 0.418. The van der Waals surface area contributed by atoms with Gasteiger partial charge in [-0.15, -0.1) is 0 Å². The number of amides is 2. The van der Waals surface area contributed by atoms with E-state index in [1.54, 1.807) is 37.3 Å². The highest BCUT2D eigenvalue weighted by atomic mass is 35.5. The Kier molecular flexibility index (Phi) is 10.6. The molecule has 0 aromatic heterocycles. The van der Waals surface area contributed by atoms with E-state index in [2.05, 4.69) is 5.32 Å². The number of hydrogen-bond donors (Lipinski definition) is 1. The van der Waals surface area contributed by atoms with E-state index in [1.807, 2.05) is 33.8 Å². The first kappa shape index (κ1) is 29.9. The summed E-state index contributed by atoms with van der Waals surface area (Å²) in [7, 11) is -3.81. The van der Waals surface area contributed by atoms with Crippen LogP contribution in [0.25, 0.3) is 0 Å². The predicted octanol–water partition coefficient (Wildman–Crippen LogP) is 5.10. The van der Waals surface area contributed by atoms with E-state index >= 15 is 0 Å². The molecule has 2 atom stereocenters. The van der Waals surface area contributed by atoms with Gasteiger partial charge in [-0.05, 0) is 69.0 Å². The van der Waals surface area contributed by atoms with Crippen LogP contribution < -0.4 is 9.62 Å². The number of nitrogens with zero attached hydrogens (tertiary/aromatic N) is 2. The summed E-state index contributed by atoms with van der Waals surface area (Å²) < 4.78 is 26.6. The summed E-state index contributed by atoms with van der Waals surface area (Å²) in [5, 5.41) is 3.64. The summed E-state index contributed by atoms with van der Waals surface area (Å²) in [5.41, 5.74) is 2.60. The zero-order chi connectivity index (χ0) is 27.2. The maximum Gasteiger partial charge on any atom is 0.244 e. The maximum atomic E-state index is 13.8. The second-order valence-electron chi connectivity index (χ2n) is 9.08. The van der Waals surface area contributed by atoms with Gasteiger partial charge in [0.05, 0.1) is 11.9 Å². The fourth-order valence-corrected chi connectivity index (χ4v) is 5.27. The van der Waals surface area contributed by atoms with Crippen LogP contribution in [0.1, 0.15) is 50.3 Å². The predicted molar refractivity (Wildman–Crippen MR) is 147 cm³/mol. The van der Waals surface area contributed by atoms with Crippen molar-refractivity contribution in [3.63, 3.8) is 0 Å². The van der Waals surface area contributed by atoms with Crippen LogP contribution in [0, 0.1) is 13.8 Å². The largest absolute Gasteiger partial charge is 0.352 e. The van der Waals surface area contributed by atoms with Gasteiger partial charge in [0.1, 0.15) is 12.6 Å². The number of aryl methyl sites for hydroxylation is 2. The molecule has 2 aromatic carbocycles. The molecule has 0 spiro atoms. The second-order valence-corrected chi connectivity index (χ2v) is 11.8. The molecule has 2 unspecified atom stereocenters. The summed E-state index contributed by atoms with van der Waals surface area (Å²) in [6.07, 6.45) is 2.10. The summed E-state index contributed by atoms with van der Waals surface area (Å²) in [6, 6.07) is 9.42. The van der Waals surface area contributed by atoms with Crippen LogP contribution in [0.4, 0.5) is 5.69 Å². The van der Waals surface area contributed by atoms with Crippen molar-refractivity contribution in [1.82, 2.24) is 10.2 Å². The fraction of sp³-hybridized carbons (Fsp3) is 0.462. The zero-order valence-corrected chi connectivity index (χ0v) is 24.0. The van der Waals surface area contributed by atoms with Crippen molar-refractivity contribution >= 4 is 50.7 Å². The third-order valence-electron chi connectivity index (χ3n) is 5.95. The first-order valence-electron chi connectivity index (χ1n) is 11.9. The van der Waals surface area contributed by atoms with Crippen LogP contribution in [0.3, 0.4) is 0 Å². The third-order valence-corrected chi connectivity index (χ3v) is 7.80. The molecule has 0 heterocycles. The van der Waals surface area contributed by atoms with Crippen LogP contribution in [0.15, 0.2) is 36.4 Å². The van der Waals surface area contributed by atoms with Crippen molar-refractivity contribution in [2.24, 2.45) is 0 Å². The van der Waals surface area contributed by atoms with E-state index < -0.39 is 28.5 Å². The van der Waals surface area contributed by atoms with Crippen LogP contribution in [-0.2, 0) is 26.2 Å². The molecule has 0 aliphatic carbocycles. The molecule has 2 rings (SSSR count). The number of nitrogens with one attached hydrogen (secondary N) is 1. The number of benzene rings is 2. The van der Waals surface area contributed by atoms with Crippen molar-refractivity contribution in [3.8, 4) is 0 Å². The molecule has 0 saturated heterocycles. The highest BCUT2D eigenvalue weighted by Gasteiger charge is 2.33. The Morgan fingerprint density at radius 2 is 1.56 bits per heavy atom. The topological polar surface area (TPSA) is 86.8 Å². The van der Waals surface area contributed by atoms with Gasteiger partial charge in [-0.1, -0.05) is 49.2 Å². The Morgan fingerprint density at radius 3 is 2.03 bits per heavy atom. The second kappa shape index (κ2) is 12.8. The maximum absolute atomic E-state index is 13.8. The van der Waals surface area contributed by atoms with Crippen LogP contribution in [0.2, 0.25) is 10.0 Å². The van der Waals surface area contributed by atoms with Gasteiger partial charge in [0.2, 0.25) is 21.8 Å². The number of anilines is 1. The van der Waals surface area contributed by atoms with E-state index in [9.17, 15) is 18.0 Å². The summed E-state index contributed by atoms with van der Waals surface area (Å²) in [4.78, 5) is 28.3. The minimum Gasteiger partial charge on any atom is -0.352 e. The Bertz CT molecular complexity index is 1160. The Hall–Kier alpha value is -2.29. The van der Waals surface area contributed by atoms with Gasteiger partial charge < -0.3 is 10.2 Å². The van der Waals surface area contributed by atoms with Gasteiger partial charge in [0, 0.05) is 28.2 Å². The molecule has 1 N–H and O–H groups in total. The van der Waals surface area contributed by atoms with E-state index in [0.717, 1.165) is 28.1 Å². The summed E-state index contributed by atoms with van der Waals surface area (Å²) in [6.45, 7) is 8.83. The van der Waals surface area contributed by atoms with E-state index in [4.69, 9.17) is 23.2 Å². The first-order valence-corrected chi connectivity index (χ1v) is 14.5. The van der Waals surface area contributed by atoms with E-state index in [-0.39, 0.29) is 18.5 Å². The van der Waals surface area contributed by atoms with Gasteiger partial charge in [-0.2, -0.15) is 0 Å². The molecular weight excluding hydrogens is 521 g/mol. The SMILES string of the molecule is CCC(C)NC(=O)C(CC)N(Cc1c(Cl)cccc1Cl)C(=O)CN(c1cc(C)cc(C)c1)S(C)(=O)=O. The number of hydrogen-bond acceptors (Lipinski definition) is 4. The molecule has 2 amide bonds. The number of halogens is 2. The van der Waals surface area contributed by atoms with Crippen molar-refractivity contribution in [2.75, 3.05) is 17.1 Å². The van der Waals surface area contributed by atoms with Gasteiger partial charge in [0.25, 0.3) is 0 Å². The molecule has 0 bridgehead atoms. The van der Waals surface area contributed by atoms with E-state index in [1.165, 1.54) is 4.90 Å². The smallest absolute Gasteiger partial charge is 0.244 e. The lowest BCUT2D eigenvalue weighted by Crippen LogP contribution is -2.53. The van der Waals surface area contributed by atoms with Gasteiger partial charge >= 0.3 is 0 Å². The molecule has 0 radical (unpaired) electrons. The zero-order valence-electron chi connectivity index (χ0n) is 21.6. The lowest BCUT2D eigenvalue weighted by molar-refractivity contribution is -0.140. The molecule has 0 aliphatic rings. The summed E-state index contributed by atoms with van der Waals surface area (Å²) in [5.74, 6) is -0.859. The van der Waals surface area contributed by atoms with Crippen molar-refractivity contribution in [3.05, 3.63) is 63.1 Å². The van der Waals surface area contributed by atoms with Gasteiger partial charge in [-0.3, -0.25) is 13.9 Å². The van der Waals surface area contributed by atoms with Crippen molar-refractivity contribution in [2.45, 2.75) is 66.1 Å². The Balaban J connectivity index is 2.53. The lowest BCUT2D eigenvalue weighted by atomic mass is 10.1. The van der Waals surface area contributed by atoms with Gasteiger partial charge in [0.15, 0.2) is 0 Å². The minimum absolute atomic E-state index is 0.0474. The normalized spacial score (nSPS) is 13.1. The third kappa shape index (κ3) is 7.85. The highest BCUT2D eigenvalue weighted by Crippen LogP contribution is 2.28. The minimum atomic E-state index is -3.81. The molecule has 7 nitrogen and oxygen atoms in total. The number of carbonyl (C=O) groups excluding carboxylic acids is 2. The monoisotopic (exact) mass is 555 g/mol. The van der Waals surface area contributed by atoms with Crippen LogP contribution in [0.5, 0.6) is 0 Å². The summed E-state index contributed by atoms with van der Waals surface area (Å²) >= 11 is 12.8. The van der Waals surface area contributed by atoms with E-state index in [0.29, 0.717) is 27.7 Å². The molecule has 0 saturated carbocycles. The number of carbonyl (C=O) groups is 2. The van der Waals surface area contributed by atoms with Crippen LogP contribution >= 0.6 is 23.2 Å². The lowest BCUT2D eigenvalue weighted by Gasteiger charge is -2.34. The first-order chi connectivity index (χ1) is 16.8. The molecular formula is C26H35Cl2N3O4S. The average Bonchev–Trinajstić information content (AvgIpc) is 2.77. The average molecular weight is 557 g/mol. The number of sulfonamides is 1. The molecule has 10 heteroatoms. The molecule has 0 aliphatic heterocycles. The molecule has 198 valence electrons. The molecule has 2 aromatic rings.